The van der Waals surface area contributed by atoms with E-state index in [0.29, 0.717) is 11.5 Å². The summed E-state index contributed by atoms with van der Waals surface area (Å²) in [6.45, 7) is 4.25. The maximum absolute atomic E-state index is 6.29. The third kappa shape index (κ3) is 2.29. The maximum Gasteiger partial charge on any atom is 0.0469 e. The largest absolute Gasteiger partial charge is 0.381 e. The zero-order valence-corrected chi connectivity index (χ0v) is 9.30. The summed E-state index contributed by atoms with van der Waals surface area (Å²) in [6.07, 6.45) is 7.79. The van der Waals surface area contributed by atoms with Gasteiger partial charge in [-0.05, 0) is 43.4 Å². The lowest BCUT2D eigenvalue weighted by atomic mass is 9.65. The van der Waals surface area contributed by atoms with E-state index in [1.807, 2.05) is 0 Å². The fourth-order valence-corrected chi connectivity index (χ4v) is 2.86. The molecule has 2 aliphatic rings. The first-order valence-corrected chi connectivity index (χ1v) is 6.03. The van der Waals surface area contributed by atoms with Gasteiger partial charge in [0.25, 0.3) is 0 Å². The van der Waals surface area contributed by atoms with Gasteiger partial charge in [0, 0.05) is 19.3 Å². The van der Waals surface area contributed by atoms with E-state index in [-0.39, 0.29) is 0 Å². The highest BCUT2D eigenvalue weighted by atomic mass is 16.5. The van der Waals surface area contributed by atoms with Gasteiger partial charge in [0.2, 0.25) is 0 Å². The predicted molar refractivity (Wildman–Crippen MR) is 58.1 cm³/mol. The fourth-order valence-electron chi connectivity index (χ4n) is 2.86. The van der Waals surface area contributed by atoms with E-state index in [0.717, 1.165) is 19.1 Å². The molecule has 2 fully saturated rings. The Labute approximate surface area is 87.2 Å². The first kappa shape index (κ1) is 10.4. The highest BCUT2D eigenvalue weighted by Crippen LogP contribution is 2.45. The third-order valence-electron chi connectivity index (χ3n) is 4.16. The van der Waals surface area contributed by atoms with E-state index in [1.54, 1.807) is 0 Å². The summed E-state index contributed by atoms with van der Waals surface area (Å²) < 4.78 is 5.36. The average Bonchev–Trinajstić information content (AvgIpc) is 2.17. The molecule has 2 rings (SSSR count). The van der Waals surface area contributed by atoms with Crippen LogP contribution in [0.4, 0.5) is 0 Å². The van der Waals surface area contributed by atoms with Crippen LogP contribution in [0.15, 0.2) is 0 Å². The van der Waals surface area contributed by atoms with E-state index in [2.05, 4.69) is 6.92 Å². The molecule has 0 bridgehead atoms. The SMILES string of the molecule is CC1(CC(N)C2CCOCC2)CCC1. The molecule has 0 amide bonds. The van der Waals surface area contributed by atoms with Crippen LogP contribution in [0.1, 0.15) is 45.4 Å². The zero-order chi connectivity index (χ0) is 10.0. The van der Waals surface area contributed by atoms with Gasteiger partial charge < -0.3 is 10.5 Å². The lowest BCUT2D eigenvalue weighted by Gasteiger charge is -2.42. The van der Waals surface area contributed by atoms with Crippen molar-refractivity contribution in [2.75, 3.05) is 13.2 Å². The van der Waals surface area contributed by atoms with Crippen molar-refractivity contribution < 1.29 is 4.74 Å². The molecule has 1 saturated carbocycles. The Bertz CT molecular complexity index is 183. The molecule has 1 atom stereocenters. The van der Waals surface area contributed by atoms with Crippen molar-refractivity contribution in [2.45, 2.75) is 51.5 Å². The summed E-state index contributed by atoms with van der Waals surface area (Å²) in [5.41, 5.74) is 6.87. The second-order valence-electron chi connectivity index (χ2n) is 5.48. The van der Waals surface area contributed by atoms with Gasteiger partial charge in [0.1, 0.15) is 0 Å². The Morgan fingerprint density at radius 3 is 2.50 bits per heavy atom. The molecule has 1 unspecified atom stereocenters. The molecule has 1 aliphatic carbocycles. The van der Waals surface area contributed by atoms with Gasteiger partial charge in [-0.25, -0.2) is 0 Å². The van der Waals surface area contributed by atoms with Gasteiger partial charge in [-0.1, -0.05) is 13.3 Å². The Morgan fingerprint density at radius 2 is 2.00 bits per heavy atom. The molecular weight excluding hydrogens is 174 g/mol. The fraction of sp³-hybridized carbons (Fsp3) is 1.00. The monoisotopic (exact) mass is 197 g/mol. The van der Waals surface area contributed by atoms with Gasteiger partial charge in [0.15, 0.2) is 0 Å². The van der Waals surface area contributed by atoms with Crippen molar-refractivity contribution in [3.05, 3.63) is 0 Å². The molecule has 82 valence electrons. The molecule has 1 saturated heterocycles. The predicted octanol–water partition coefficient (Wildman–Crippen LogP) is 2.32. The third-order valence-corrected chi connectivity index (χ3v) is 4.16. The van der Waals surface area contributed by atoms with E-state index < -0.39 is 0 Å². The van der Waals surface area contributed by atoms with Gasteiger partial charge in [-0.15, -0.1) is 0 Å². The standard InChI is InChI=1S/C12H23NO/c1-12(5-2-6-12)9-11(13)10-3-7-14-8-4-10/h10-11H,2-9,13H2,1H3. The van der Waals surface area contributed by atoms with Crippen molar-refractivity contribution in [2.24, 2.45) is 17.1 Å². The van der Waals surface area contributed by atoms with Crippen LogP contribution in [0.2, 0.25) is 0 Å². The first-order valence-electron chi connectivity index (χ1n) is 6.03. The molecule has 2 heteroatoms. The molecule has 14 heavy (non-hydrogen) atoms. The maximum atomic E-state index is 6.29. The van der Waals surface area contributed by atoms with Crippen molar-refractivity contribution in [3.8, 4) is 0 Å². The molecule has 2 N–H and O–H groups in total. The average molecular weight is 197 g/mol. The molecule has 0 aromatic carbocycles. The highest BCUT2D eigenvalue weighted by Gasteiger charge is 2.35. The van der Waals surface area contributed by atoms with Crippen molar-refractivity contribution >= 4 is 0 Å². The van der Waals surface area contributed by atoms with Crippen LogP contribution >= 0.6 is 0 Å². The molecule has 1 aliphatic heterocycles. The quantitative estimate of drug-likeness (QED) is 0.753. The van der Waals surface area contributed by atoms with E-state index in [4.69, 9.17) is 10.5 Å². The van der Waals surface area contributed by atoms with Crippen LogP contribution in [-0.2, 0) is 4.74 Å². The number of rotatable bonds is 3. The van der Waals surface area contributed by atoms with Gasteiger partial charge in [-0.2, -0.15) is 0 Å². The second kappa shape index (κ2) is 4.19. The number of hydrogen-bond donors (Lipinski definition) is 1. The van der Waals surface area contributed by atoms with Gasteiger partial charge >= 0.3 is 0 Å². The second-order valence-corrected chi connectivity index (χ2v) is 5.48. The van der Waals surface area contributed by atoms with E-state index >= 15 is 0 Å². The van der Waals surface area contributed by atoms with Crippen molar-refractivity contribution in [3.63, 3.8) is 0 Å². The molecule has 0 aromatic heterocycles. The minimum Gasteiger partial charge on any atom is -0.381 e. The van der Waals surface area contributed by atoms with Crippen molar-refractivity contribution in [1.29, 1.82) is 0 Å². The summed E-state index contributed by atoms with van der Waals surface area (Å²) in [5, 5.41) is 0. The van der Waals surface area contributed by atoms with Crippen molar-refractivity contribution in [1.82, 2.24) is 0 Å². The molecule has 0 spiro atoms. The van der Waals surface area contributed by atoms with E-state index in [1.165, 1.54) is 38.5 Å². The number of ether oxygens (including phenoxy) is 1. The van der Waals surface area contributed by atoms with Crippen LogP contribution in [0.25, 0.3) is 0 Å². The highest BCUT2D eigenvalue weighted by molar-refractivity contribution is 4.89. The minimum absolute atomic E-state index is 0.421. The molecular formula is C12H23NO. The molecule has 0 aromatic rings. The summed E-state index contributed by atoms with van der Waals surface area (Å²) in [5.74, 6) is 0.723. The molecule has 2 nitrogen and oxygen atoms in total. The number of hydrogen-bond acceptors (Lipinski definition) is 2. The lowest BCUT2D eigenvalue weighted by molar-refractivity contribution is 0.0430. The van der Waals surface area contributed by atoms with Crippen LogP contribution in [-0.4, -0.2) is 19.3 Å². The van der Waals surface area contributed by atoms with Crippen LogP contribution < -0.4 is 5.73 Å². The number of nitrogens with two attached hydrogens (primary N) is 1. The zero-order valence-electron chi connectivity index (χ0n) is 9.30. The van der Waals surface area contributed by atoms with Gasteiger partial charge in [0.05, 0.1) is 0 Å². The van der Waals surface area contributed by atoms with Gasteiger partial charge in [-0.3, -0.25) is 0 Å². The van der Waals surface area contributed by atoms with Crippen LogP contribution in [0.5, 0.6) is 0 Å². The summed E-state index contributed by atoms with van der Waals surface area (Å²) in [6, 6.07) is 0.421. The van der Waals surface area contributed by atoms with Crippen LogP contribution in [0, 0.1) is 11.3 Å². The first-order chi connectivity index (χ1) is 6.70. The smallest absolute Gasteiger partial charge is 0.0469 e. The lowest BCUT2D eigenvalue weighted by Crippen LogP contribution is -2.40. The Balaban J connectivity index is 1.78. The Morgan fingerprint density at radius 1 is 1.36 bits per heavy atom. The summed E-state index contributed by atoms with van der Waals surface area (Å²) in [7, 11) is 0. The summed E-state index contributed by atoms with van der Waals surface area (Å²) >= 11 is 0. The van der Waals surface area contributed by atoms with E-state index in [9.17, 15) is 0 Å². The normalized spacial score (nSPS) is 29.6. The minimum atomic E-state index is 0.421. The topological polar surface area (TPSA) is 35.2 Å². The Kier molecular flexibility index (Phi) is 3.13. The molecule has 1 heterocycles. The summed E-state index contributed by atoms with van der Waals surface area (Å²) in [4.78, 5) is 0. The Hall–Kier alpha value is -0.0800. The van der Waals surface area contributed by atoms with Crippen LogP contribution in [0.3, 0.4) is 0 Å². The molecule has 0 radical (unpaired) electrons.